The predicted molar refractivity (Wildman–Crippen MR) is 103 cm³/mol. The van der Waals surface area contributed by atoms with Crippen LogP contribution in [0.1, 0.15) is 36.6 Å². The van der Waals surface area contributed by atoms with E-state index in [0.29, 0.717) is 30.3 Å². The molecule has 0 saturated carbocycles. The van der Waals surface area contributed by atoms with E-state index in [1.165, 1.54) is 12.4 Å². The van der Waals surface area contributed by atoms with Crippen LogP contribution in [0.5, 0.6) is 11.5 Å². The molecule has 2 aromatic heterocycles. The summed E-state index contributed by atoms with van der Waals surface area (Å²) >= 11 is 0. The Hall–Kier alpha value is -3.30. The van der Waals surface area contributed by atoms with Gasteiger partial charge in [-0.05, 0) is 43.2 Å². The molecule has 30 heavy (non-hydrogen) atoms. The van der Waals surface area contributed by atoms with Crippen molar-refractivity contribution in [2.75, 3.05) is 26.8 Å². The van der Waals surface area contributed by atoms with Crippen LogP contribution in [0.3, 0.4) is 0 Å². The standard InChI is InChI=1S/C20H21F2N5O3/c1-29-14-4-6-15(7-5-14)30-11-18(28)26-8-2-3-13(10-26)16-9-17(19(21)22)27-20(25-16)23-12-24-27/h4-7,9,12-13,19H,2-3,8,10-11H2,1H3/t13-/m0/s1. The number of methoxy groups -OCH3 is 1. The van der Waals surface area contributed by atoms with Gasteiger partial charge in [-0.15, -0.1) is 0 Å². The average molecular weight is 417 g/mol. The van der Waals surface area contributed by atoms with Crippen molar-refractivity contribution in [2.45, 2.75) is 25.2 Å². The molecule has 0 spiro atoms. The summed E-state index contributed by atoms with van der Waals surface area (Å²) in [5, 5.41) is 3.81. The first kappa shape index (κ1) is 20.0. The van der Waals surface area contributed by atoms with Crippen molar-refractivity contribution in [1.82, 2.24) is 24.5 Å². The number of piperidine rings is 1. The summed E-state index contributed by atoms with van der Waals surface area (Å²) in [6.07, 6.45) is 0.00626. The van der Waals surface area contributed by atoms with Crippen molar-refractivity contribution in [3.8, 4) is 11.5 Å². The zero-order valence-corrected chi connectivity index (χ0v) is 16.4. The lowest BCUT2D eigenvalue weighted by molar-refractivity contribution is -0.134. The fourth-order valence-corrected chi connectivity index (χ4v) is 3.57. The van der Waals surface area contributed by atoms with E-state index >= 15 is 0 Å². The van der Waals surface area contributed by atoms with Crippen LogP contribution in [0, 0.1) is 0 Å². The summed E-state index contributed by atoms with van der Waals surface area (Å²) in [5.74, 6) is 1.09. The van der Waals surface area contributed by atoms with Gasteiger partial charge < -0.3 is 14.4 Å². The quantitative estimate of drug-likeness (QED) is 0.614. The third-order valence-corrected chi connectivity index (χ3v) is 5.14. The number of amides is 1. The third-order valence-electron chi connectivity index (χ3n) is 5.14. The number of ether oxygens (including phenoxy) is 2. The number of carbonyl (C=O) groups excluding carboxylic acids is 1. The maximum absolute atomic E-state index is 13.4. The van der Waals surface area contributed by atoms with Gasteiger partial charge >= 0.3 is 0 Å². The van der Waals surface area contributed by atoms with Gasteiger partial charge in [0.2, 0.25) is 0 Å². The first-order valence-electron chi connectivity index (χ1n) is 9.58. The monoisotopic (exact) mass is 417 g/mol. The van der Waals surface area contributed by atoms with E-state index < -0.39 is 6.43 Å². The molecule has 4 rings (SSSR count). The second-order valence-electron chi connectivity index (χ2n) is 7.02. The molecular weight excluding hydrogens is 396 g/mol. The smallest absolute Gasteiger partial charge is 0.280 e. The predicted octanol–water partition coefficient (Wildman–Crippen LogP) is 2.86. The molecule has 1 aliphatic rings. The van der Waals surface area contributed by atoms with Crippen LogP contribution in [0.2, 0.25) is 0 Å². The molecule has 0 aliphatic carbocycles. The van der Waals surface area contributed by atoms with Crippen LogP contribution < -0.4 is 9.47 Å². The molecule has 0 unspecified atom stereocenters. The molecule has 10 heteroatoms. The summed E-state index contributed by atoms with van der Waals surface area (Å²) in [6.45, 7) is 0.888. The maximum atomic E-state index is 13.4. The Morgan fingerprint density at radius 2 is 2.03 bits per heavy atom. The van der Waals surface area contributed by atoms with Crippen LogP contribution in [-0.4, -0.2) is 57.2 Å². The number of alkyl halides is 2. The fourth-order valence-electron chi connectivity index (χ4n) is 3.57. The van der Waals surface area contributed by atoms with Crippen molar-refractivity contribution in [3.63, 3.8) is 0 Å². The number of likely N-dealkylation sites (tertiary alicyclic amines) is 1. The number of rotatable bonds is 6. The maximum Gasteiger partial charge on any atom is 0.280 e. The Morgan fingerprint density at radius 3 is 2.77 bits per heavy atom. The van der Waals surface area contributed by atoms with E-state index in [9.17, 15) is 13.6 Å². The lowest BCUT2D eigenvalue weighted by Gasteiger charge is -2.32. The van der Waals surface area contributed by atoms with E-state index in [-0.39, 0.29) is 29.9 Å². The Bertz CT molecular complexity index is 1020. The van der Waals surface area contributed by atoms with E-state index in [4.69, 9.17) is 9.47 Å². The number of carbonyl (C=O) groups is 1. The van der Waals surface area contributed by atoms with Gasteiger partial charge in [0.15, 0.2) is 6.61 Å². The molecule has 158 valence electrons. The Kier molecular flexibility index (Phi) is 5.73. The van der Waals surface area contributed by atoms with Crippen LogP contribution in [-0.2, 0) is 4.79 Å². The summed E-state index contributed by atoms with van der Waals surface area (Å²) in [5.41, 5.74) is 0.248. The third kappa shape index (κ3) is 4.17. The molecule has 1 atom stereocenters. The van der Waals surface area contributed by atoms with Gasteiger partial charge in [-0.3, -0.25) is 4.79 Å². The minimum atomic E-state index is -2.70. The minimum Gasteiger partial charge on any atom is -0.497 e. The van der Waals surface area contributed by atoms with Crippen LogP contribution in [0.25, 0.3) is 5.78 Å². The topological polar surface area (TPSA) is 81.9 Å². The van der Waals surface area contributed by atoms with Crippen molar-refractivity contribution < 1.29 is 23.0 Å². The Labute approximate surface area is 171 Å². The van der Waals surface area contributed by atoms with E-state index in [1.54, 1.807) is 36.3 Å². The van der Waals surface area contributed by atoms with E-state index in [2.05, 4.69) is 15.1 Å². The Morgan fingerprint density at radius 1 is 1.27 bits per heavy atom. The Balaban J connectivity index is 1.43. The summed E-state index contributed by atoms with van der Waals surface area (Å²) in [4.78, 5) is 22.6. The molecular formula is C20H21F2N5O3. The first-order valence-corrected chi connectivity index (χ1v) is 9.58. The SMILES string of the molecule is COc1ccc(OCC(=O)N2CCC[C@H](c3cc(C(F)F)n4ncnc4n3)C2)cc1. The van der Waals surface area contributed by atoms with Gasteiger partial charge in [0.05, 0.1) is 12.8 Å². The number of nitrogens with zero attached hydrogens (tertiary/aromatic N) is 5. The van der Waals surface area contributed by atoms with Gasteiger partial charge in [0, 0.05) is 19.0 Å². The average Bonchev–Trinajstić information content (AvgIpc) is 3.25. The van der Waals surface area contributed by atoms with Crippen molar-refractivity contribution in [3.05, 3.63) is 48.0 Å². The molecule has 1 aliphatic heterocycles. The first-order chi connectivity index (χ1) is 14.5. The largest absolute Gasteiger partial charge is 0.497 e. The summed E-state index contributed by atoms with van der Waals surface area (Å²) in [7, 11) is 1.58. The van der Waals surface area contributed by atoms with Gasteiger partial charge in [-0.25, -0.2) is 13.8 Å². The number of hydrogen-bond donors (Lipinski definition) is 0. The number of fused-ring (bicyclic) bond motifs is 1. The number of halogens is 2. The second kappa shape index (κ2) is 8.60. The second-order valence-corrected chi connectivity index (χ2v) is 7.02. The molecule has 1 saturated heterocycles. The highest BCUT2D eigenvalue weighted by Gasteiger charge is 2.28. The van der Waals surface area contributed by atoms with Gasteiger partial charge in [-0.1, -0.05) is 0 Å². The lowest BCUT2D eigenvalue weighted by atomic mass is 9.94. The summed E-state index contributed by atoms with van der Waals surface area (Å²) in [6, 6.07) is 8.33. The summed E-state index contributed by atoms with van der Waals surface area (Å²) < 4.78 is 38.6. The zero-order chi connectivity index (χ0) is 21.1. The van der Waals surface area contributed by atoms with Crippen LogP contribution >= 0.6 is 0 Å². The zero-order valence-electron chi connectivity index (χ0n) is 16.4. The normalized spacial score (nSPS) is 16.8. The van der Waals surface area contributed by atoms with Gasteiger partial charge in [0.25, 0.3) is 18.1 Å². The van der Waals surface area contributed by atoms with Crippen molar-refractivity contribution in [2.24, 2.45) is 0 Å². The molecule has 3 heterocycles. The van der Waals surface area contributed by atoms with Gasteiger partial charge in [-0.2, -0.15) is 14.6 Å². The lowest BCUT2D eigenvalue weighted by Crippen LogP contribution is -2.41. The van der Waals surface area contributed by atoms with Crippen LogP contribution in [0.4, 0.5) is 8.78 Å². The number of benzene rings is 1. The fraction of sp³-hybridized carbons (Fsp3) is 0.400. The molecule has 1 aromatic carbocycles. The molecule has 8 nitrogen and oxygen atoms in total. The number of hydrogen-bond acceptors (Lipinski definition) is 6. The van der Waals surface area contributed by atoms with Crippen LogP contribution in [0.15, 0.2) is 36.7 Å². The minimum absolute atomic E-state index is 0.0992. The number of aromatic nitrogens is 4. The van der Waals surface area contributed by atoms with Crippen molar-refractivity contribution >= 4 is 11.7 Å². The van der Waals surface area contributed by atoms with Crippen molar-refractivity contribution in [1.29, 1.82) is 0 Å². The highest BCUT2D eigenvalue weighted by atomic mass is 19.3. The highest BCUT2D eigenvalue weighted by molar-refractivity contribution is 5.78. The van der Waals surface area contributed by atoms with E-state index in [1.807, 2.05) is 0 Å². The molecule has 0 radical (unpaired) electrons. The van der Waals surface area contributed by atoms with E-state index in [0.717, 1.165) is 17.4 Å². The van der Waals surface area contributed by atoms with Gasteiger partial charge in [0.1, 0.15) is 23.5 Å². The highest BCUT2D eigenvalue weighted by Crippen LogP contribution is 2.29. The molecule has 0 N–H and O–H groups in total. The molecule has 1 fully saturated rings. The molecule has 0 bridgehead atoms. The molecule has 3 aromatic rings. The molecule has 1 amide bonds.